The van der Waals surface area contributed by atoms with E-state index in [0.717, 1.165) is 30.7 Å². The summed E-state index contributed by atoms with van der Waals surface area (Å²) in [6.45, 7) is 9.01. The van der Waals surface area contributed by atoms with Crippen molar-refractivity contribution in [3.63, 3.8) is 0 Å². The van der Waals surface area contributed by atoms with Crippen LogP contribution in [0.5, 0.6) is 5.88 Å². The smallest absolute Gasteiger partial charge is 0.221 e. The number of nitrogens with zero attached hydrogens (tertiary/aromatic N) is 2. The maximum Gasteiger partial charge on any atom is 0.221 e. The van der Waals surface area contributed by atoms with E-state index in [9.17, 15) is 0 Å². The van der Waals surface area contributed by atoms with Crippen LogP contribution in [0, 0.1) is 12.8 Å². The van der Waals surface area contributed by atoms with Gasteiger partial charge in [0.05, 0.1) is 6.61 Å². The molecule has 0 saturated carbocycles. The number of halogens is 1. The van der Waals surface area contributed by atoms with Crippen LogP contribution >= 0.6 is 11.6 Å². The summed E-state index contributed by atoms with van der Waals surface area (Å²) >= 11 is 6.07. The average molecular weight is 257 g/mol. The minimum atomic E-state index is 0.503. The lowest BCUT2D eigenvalue weighted by molar-refractivity contribution is 0.276. The second kappa shape index (κ2) is 6.80. The van der Waals surface area contributed by atoms with E-state index < -0.39 is 0 Å². The lowest BCUT2D eigenvalue weighted by atomic mass is 10.1. The zero-order chi connectivity index (χ0) is 12.8. The van der Waals surface area contributed by atoms with Crippen LogP contribution in [0.25, 0.3) is 0 Å². The molecule has 0 saturated heterocycles. The van der Waals surface area contributed by atoms with Crippen molar-refractivity contribution in [2.75, 3.05) is 6.61 Å². The van der Waals surface area contributed by atoms with Crippen molar-refractivity contribution < 1.29 is 4.74 Å². The molecule has 0 aliphatic carbocycles. The maximum atomic E-state index is 6.07. The predicted octanol–water partition coefficient (Wildman–Crippen LogP) is 3.82. The van der Waals surface area contributed by atoms with E-state index in [1.165, 1.54) is 0 Å². The minimum absolute atomic E-state index is 0.503. The fourth-order valence-corrected chi connectivity index (χ4v) is 1.56. The Kier molecular flexibility index (Phi) is 5.69. The molecule has 0 radical (unpaired) electrons. The molecule has 96 valence electrons. The molecular formula is C13H21ClN2O. The minimum Gasteiger partial charge on any atom is -0.477 e. The Hall–Kier alpha value is -0.830. The van der Waals surface area contributed by atoms with E-state index in [-0.39, 0.29) is 0 Å². The van der Waals surface area contributed by atoms with Crippen molar-refractivity contribution in [3.8, 4) is 5.88 Å². The second-order valence-corrected chi connectivity index (χ2v) is 5.00. The van der Waals surface area contributed by atoms with Gasteiger partial charge < -0.3 is 4.74 Å². The lowest BCUT2D eigenvalue weighted by Gasteiger charge is -2.11. The van der Waals surface area contributed by atoms with Gasteiger partial charge in [0.25, 0.3) is 0 Å². The van der Waals surface area contributed by atoms with Gasteiger partial charge in [-0.15, -0.1) is 0 Å². The summed E-state index contributed by atoms with van der Waals surface area (Å²) in [5.41, 5.74) is 0.829. The van der Waals surface area contributed by atoms with Crippen LogP contribution in [-0.2, 0) is 6.42 Å². The number of hydrogen-bond acceptors (Lipinski definition) is 3. The highest BCUT2D eigenvalue weighted by atomic mass is 35.5. The highest BCUT2D eigenvalue weighted by Gasteiger charge is 2.10. The largest absolute Gasteiger partial charge is 0.477 e. The fraction of sp³-hybridized carbons (Fsp3) is 0.692. The van der Waals surface area contributed by atoms with Gasteiger partial charge in [0.1, 0.15) is 11.0 Å². The van der Waals surface area contributed by atoms with Gasteiger partial charge >= 0.3 is 0 Å². The Bertz CT molecular complexity index is 367. The Morgan fingerprint density at radius 3 is 2.59 bits per heavy atom. The topological polar surface area (TPSA) is 35.0 Å². The van der Waals surface area contributed by atoms with E-state index >= 15 is 0 Å². The zero-order valence-electron chi connectivity index (χ0n) is 11.1. The van der Waals surface area contributed by atoms with E-state index in [1.807, 2.05) is 6.92 Å². The maximum absolute atomic E-state index is 6.07. The summed E-state index contributed by atoms with van der Waals surface area (Å²) in [5, 5.41) is 0.503. The molecule has 0 fully saturated rings. The van der Waals surface area contributed by atoms with Gasteiger partial charge in [-0.3, -0.25) is 0 Å². The monoisotopic (exact) mass is 256 g/mol. The highest BCUT2D eigenvalue weighted by Crippen LogP contribution is 2.22. The molecule has 0 spiro atoms. The predicted molar refractivity (Wildman–Crippen MR) is 70.7 cm³/mol. The molecule has 3 nitrogen and oxygen atoms in total. The van der Waals surface area contributed by atoms with Gasteiger partial charge in [-0.05, 0) is 25.7 Å². The highest BCUT2D eigenvalue weighted by molar-refractivity contribution is 6.30. The summed E-state index contributed by atoms with van der Waals surface area (Å²) in [5.74, 6) is 2.03. The summed E-state index contributed by atoms with van der Waals surface area (Å²) < 4.78 is 5.68. The molecule has 4 heteroatoms. The summed E-state index contributed by atoms with van der Waals surface area (Å²) in [4.78, 5) is 8.64. The van der Waals surface area contributed by atoms with E-state index in [4.69, 9.17) is 16.3 Å². The molecular weight excluding hydrogens is 236 g/mol. The summed E-state index contributed by atoms with van der Waals surface area (Å²) in [7, 11) is 0. The fourth-order valence-electron chi connectivity index (χ4n) is 1.38. The molecule has 0 amide bonds. The number of aryl methyl sites for hydroxylation is 1. The summed E-state index contributed by atoms with van der Waals surface area (Å²) in [6.07, 6.45) is 2.86. The van der Waals surface area contributed by atoms with E-state index in [0.29, 0.717) is 23.6 Å². The van der Waals surface area contributed by atoms with Gasteiger partial charge in [0.2, 0.25) is 5.88 Å². The van der Waals surface area contributed by atoms with Crippen LogP contribution in [0.15, 0.2) is 0 Å². The Labute approximate surface area is 109 Å². The van der Waals surface area contributed by atoms with Gasteiger partial charge in [-0.1, -0.05) is 32.4 Å². The second-order valence-electron chi connectivity index (χ2n) is 4.64. The van der Waals surface area contributed by atoms with Crippen molar-refractivity contribution in [1.29, 1.82) is 0 Å². The number of rotatable bonds is 6. The van der Waals surface area contributed by atoms with Crippen LogP contribution in [-0.4, -0.2) is 16.6 Å². The third-order valence-corrected chi connectivity index (χ3v) is 2.86. The molecule has 1 rings (SSSR count). The lowest BCUT2D eigenvalue weighted by Crippen LogP contribution is -2.07. The standard InChI is InChI=1S/C13H21ClN2O/c1-5-6-11-15-12(14)10(4)13(16-11)17-8-7-9(2)3/h9H,5-8H2,1-4H3. The van der Waals surface area contributed by atoms with Gasteiger partial charge in [0, 0.05) is 12.0 Å². The Balaban J connectivity index is 2.75. The first-order valence-electron chi connectivity index (χ1n) is 6.20. The molecule has 1 aromatic rings. The molecule has 0 aromatic carbocycles. The Morgan fingerprint density at radius 2 is 2.00 bits per heavy atom. The molecule has 0 unspecified atom stereocenters. The van der Waals surface area contributed by atoms with E-state index in [2.05, 4.69) is 30.7 Å². The van der Waals surface area contributed by atoms with Gasteiger partial charge in [-0.2, -0.15) is 4.98 Å². The molecule has 1 aromatic heterocycles. The van der Waals surface area contributed by atoms with Crippen molar-refractivity contribution in [2.24, 2.45) is 5.92 Å². The van der Waals surface area contributed by atoms with Crippen LogP contribution in [0.1, 0.15) is 45.0 Å². The van der Waals surface area contributed by atoms with Crippen molar-refractivity contribution >= 4 is 11.6 Å². The molecule has 0 bridgehead atoms. The third kappa shape index (κ3) is 4.50. The van der Waals surface area contributed by atoms with Crippen LogP contribution in [0.3, 0.4) is 0 Å². The van der Waals surface area contributed by atoms with Gasteiger partial charge in [-0.25, -0.2) is 4.98 Å². The first-order valence-corrected chi connectivity index (χ1v) is 6.58. The summed E-state index contributed by atoms with van der Waals surface area (Å²) in [6, 6.07) is 0. The van der Waals surface area contributed by atoms with Crippen LogP contribution in [0.2, 0.25) is 5.15 Å². The Morgan fingerprint density at radius 1 is 1.29 bits per heavy atom. The normalized spacial score (nSPS) is 10.9. The average Bonchev–Trinajstić information content (AvgIpc) is 2.24. The van der Waals surface area contributed by atoms with E-state index in [1.54, 1.807) is 0 Å². The van der Waals surface area contributed by atoms with Crippen LogP contribution in [0.4, 0.5) is 0 Å². The molecule has 17 heavy (non-hydrogen) atoms. The molecule has 0 aliphatic heterocycles. The molecule has 1 heterocycles. The van der Waals surface area contributed by atoms with Crippen molar-refractivity contribution in [3.05, 3.63) is 16.5 Å². The SMILES string of the molecule is CCCc1nc(Cl)c(C)c(OCCC(C)C)n1. The molecule has 0 atom stereocenters. The van der Waals surface area contributed by atoms with Crippen molar-refractivity contribution in [1.82, 2.24) is 9.97 Å². The van der Waals surface area contributed by atoms with Crippen LogP contribution < -0.4 is 4.74 Å². The first-order chi connectivity index (χ1) is 8.04. The van der Waals surface area contributed by atoms with Gasteiger partial charge in [0.15, 0.2) is 0 Å². The molecule has 0 aliphatic rings. The number of hydrogen-bond donors (Lipinski definition) is 0. The number of ether oxygens (including phenoxy) is 1. The quantitative estimate of drug-likeness (QED) is 0.726. The zero-order valence-corrected chi connectivity index (χ0v) is 11.8. The van der Waals surface area contributed by atoms with Crippen molar-refractivity contribution in [2.45, 2.75) is 47.0 Å². The molecule has 0 N–H and O–H groups in total. The number of aromatic nitrogens is 2. The third-order valence-electron chi connectivity index (χ3n) is 2.50. The first kappa shape index (κ1) is 14.2.